The van der Waals surface area contributed by atoms with Crippen molar-refractivity contribution in [2.45, 2.75) is 6.92 Å². The molecule has 0 aliphatic rings. The first kappa shape index (κ1) is 6.88. The second-order valence-electron chi connectivity index (χ2n) is 1.70. The van der Waals surface area contributed by atoms with Gasteiger partial charge in [-0.05, 0) is 5.92 Å². The molecular weight excluding hydrogens is 92.1 g/mol. The molecule has 0 bridgehead atoms. The van der Waals surface area contributed by atoms with Crippen molar-refractivity contribution in [3.05, 3.63) is 0 Å². The van der Waals surface area contributed by atoms with E-state index in [1.54, 1.807) is 0 Å². The Kier molecular flexibility index (Phi) is 3.98. The minimum Gasteiger partial charge on any atom is -0.396 e. The first-order valence-electron chi connectivity index (χ1n) is 2.35. The zero-order valence-corrected chi connectivity index (χ0v) is 4.52. The predicted molar refractivity (Wildman–Crippen MR) is 28.4 cm³/mol. The molecule has 0 aromatic rings. The van der Waals surface area contributed by atoms with Gasteiger partial charge in [-0.2, -0.15) is 0 Å². The predicted octanol–water partition coefficient (Wildman–Crippen LogP) is -0.922. The van der Waals surface area contributed by atoms with E-state index in [0.717, 1.165) is 0 Å². The van der Waals surface area contributed by atoms with Gasteiger partial charge in [-0.1, -0.05) is 6.92 Å². The van der Waals surface area contributed by atoms with Crippen LogP contribution in [0.2, 0.25) is 0 Å². The van der Waals surface area contributed by atoms with Gasteiger partial charge in [0, 0.05) is 13.2 Å². The molecule has 0 aromatic heterocycles. The Labute approximate surface area is 43.5 Å². The molecule has 0 spiro atoms. The maximum absolute atomic E-state index is 8.37. The van der Waals surface area contributed by atoms with E-state index in [4.69, 9.17) is 10.9 Å². The molecule has 44 valence electrons. The average molecular weight is 104 g/mol. The molecule has 0 rings (SSSR count). The maximum Gasteiger partial charge on any atom is 0.0469 e. The lowest BCUT2D eigenvalue weighted by atomic mass is 10.2. The van der Waals surface area contributed by atoms with Crippen LogP contribution in [0.5, 0.6) is 0 Å². The molecule has 7 heavy (non-hydrogen) atoms. The van der Waals surface area contributed by atoms with Crippen LogP contribution in [0.15, 0.2) is 0 Å². The van der Waals surface area contributed by atoms with E-state index in [-0.39, 0.29) is 12.5 Å². The van der Waals surface area contributed by atoms with E-state index < -0.39 is 0 Å². The fourth-order valence-corrected chi connectivity index (χ4v) is 0.266. The van der Waals surface area contributed by atoms with Crippen LogP contribution in [0.25, 0.3) is 0 Å². The summed E-state index contributed by atoms with van der Waals surface area (Å²) < 4.78 is 0. The van der Waals surface area contributed by atoms with E-state index in [0.29, 0.717) is 6.54 Å². The average Bonchev–Trinajstić information content (AvgIpc) is 1.68. The van der Waals surface area contributed by atoms with Crippen LogP contribution in [0.1, 0.15) is 6.92 Å². The molecule has 1 atom stereocenters. The van der Waals surface area contributed by atoms with Crippen LogP contribution < -0.4 is 11.3 Å². The lowest BCUT2D eigenvalue weighted by Crippen LogP contribution is -2.28. The van der Waals surface area contributed by atoms with Gasteiger partial charge in [0.2, 0.25) is 0 Å². The van der Waals surface area contributed by atoms with Gasteiger partial charge in [-0.3, -0.25) is 11.3 Å². The van der Waals surface area contributed by atoms with E-state index >= 15 is 0 Å². The van der Waals surface area contributed by atoms with Crippen molar-refractivity contribution in [2.24, 2.45) is 11.8 Å². The van der Waals surface area contributed by atoms with Crippen LogP contribution in [0.4, 0.5) is 0 Å². The molecule has 0 saturated heterocycles. The Hall–Kier alpha value is -0.120. The molecule has 0 heterocycles. The van der Waals surface area contributed by atoms with Gasteiger partial charge in [-0.15, -0.1) is 0 Å². The maximum atomic E-state index is 8.37. The largest absolute Gasteiger partial charge is 0.396 e. The number of hydrogen-bond acceptors (Lipinski definition) is 3. The van der Waals surface area contributed by atoms with E-state index in [9.17, 15) is 0 Å². The summed E-state index contributed by atoms with van der Waals surface area (Å²) in [5.74, 6) is 5.21. The third-order valence-electron chi connectivity index (χ3n) is 0.778. The number of aliphatic hydroxyl groups excluding tert-OH is 1. The van der Waals surface area contributed by atoms with Crippen LogP contribution in [0, 0.1) is 5.92 Å². The van der Waals surface area contributed by atoms with Crippen molar-refractivity contribution in [1.29, 1.82) is 0 Å². The van der Waals surface area contributed by atoms with Crippen LogP contribution in [0.3, 0.4) is 0 Å². The van der Waals surface area contributed by atoms with Crippen LogP contribution in [-0.4, -0.2) is 18.3 Å². The fourth-order valence-electron chi connectivity index (χ4n) is 0.266. The summed E-state index contributed by atoms with van der Waals surface area (Å²) in [6.45, 7) is 2.79. The highest BCUT2D eigenvalue weighted by molar-refractivity contribution is 4.48. The van der Waals surface area contributed by atoms with E-state index in [2.05, 4.69) is 5.43 Å². The molecule has 4 N–H and O–H groups in total. The fraction of sp³-hybridized carbons (Fsp3) is 1.00. The zero-order valence-electron chi connectivity index (χ0n) is 4.52. The first-order valence-corrected chi connectivity index (χ1v) is 2.35. The Morgan fingerprint density at radius 2 is 2.43 bits per heavy atom. The standard InChI is InChI=1S/C4H12N2O/c1-4(3-7)2-6-5/h4,6-7H,2-3,5H2,1H3. The second-order valence-corrected chi connectivity index (χ2v) is 1.70. The third kappa shape index (κ3) is 3.72. The Balaban J connectivity index is 2.83. The molecular formula is C4H12N2O. The van der Waals surface area contributed by atoms with E-state index in [1.165, 1.54) is 0 Å². The number of nitrogens with two attached hydrogens (primary N) is 1. The summed E-state index contributed by atoms with van der Waals surface area (Å²) in [7, 11) is 0. The van der Waals surface area contributed by atoms with Gasteiger partial charge in [0.25, 0.3) is 0 Å². The molecule has 3 heteroatoms. The molecule has 0 radical (unpaired) electrons. The summed E-state index contributed by atoms with van der Waals surface area (Å²) >= 11 is 0. The summed E-state index contributed by atoms with van der Waals surface area (Å²) in [4.78, 5) is 0. The van der Waals surface area contributed by atoms with Gasteiger partial charge < -0.3 is 5.11 Å². The highest BCUT2D eigenvalue weighted by atomic mass is 16.3. The molecule has 1 unspecified atom stereocenters. The minimum absolute atomic E-state index is 0.199. The molecule has 0 fully saturated rings. The number of hydrogen-bond donors (Lipinski definition) is 3. The van der Waals surface area contributed by atoms with E-state index in [1.807, 2.05) is 6.92 Å². The number of nitrogens with one attached hydrogen (secondary N) is 1. The Bertz CT molecular complexity index is 40.7. The Morgan fingerprint density at radius 3 is 2.57 bits per heavy atom. The van der Waals surface area contributed by atoms with Crippen LogP contribution in [-0.2, 0) is 0 Å². The quantitative estimate of drug-likeness (QED) is 0.320. The SMILES string of the molecule is CC(CO)CNN. The number of rotatable bonds is 3. The highest BCUT2D eigenvalue weighted by Gasteiger charge is 1.93. The summed E-state index contributed by atoms with van der Waals surface area (Å²) in [6, 6.07) is 0. The lowest BCUT2D eigenvalue weighted by molar-refractivity contribution is 0.234. The number of hydrazine groups is 1. The lowest BCUT2D eigenvalue weighted by Gasteiger charge is -2.03. The van der Waals surface area contributed by atoms with Crippen molar-refractivity contribution < 1.29 is 5.11 Å². The van der Waals surface area contributed by atoms with Gasteiger partial charge in [-0.25, -0.2) is 0 Å². The summed E-state index contributed by atoms with van der Waals surface area (Å²) in [5.41, 5.74) is 2.46. The molecule has 3 nitrogen and oxygen atoms in total. The third-order valence-corrected chi connectivity index (χ3v) is 0.778. The molecule has 0 saturated carbocycles. The van der Waals surface area contributed by atoms with Gasteiger partial charge in [0.1, 0.15) is 0 Å². The number of aliphatic hydroxyl groups is 1. The van der Waals surface area contributed by atoms with Crippen molar-refractivity contribution in [3.63, 3.8) is 0 Å². The minimum atomic E-state index is 0.199. The summed E-state index contributed by atoms with van der Waals surface area (Å²) in [5, 5.41) is 8.37. The second kappa shape index (κ2) is 4.05. The monoisotopic (exact) mass is 104 g/mol. The molecule has 0 aromatic carbocycles. The van der Waals surface area contributed by atoms with Gasteiger partial charge in [0.15, 0.2) is 0 Å². The summed E-state index contributed by atoms with van der Waals surface area (Å²) in [6.07, 6.45) is 0. The first-order chi connectivity index (χ1) is 3.31. The van der Waals surface area contributed by atoms with Crippen molar-refractivity contribution >= 4 is 0 Å². The van der Waals surface area contributed by atoms with Crippen molar-refractivity contribution in [1.82, 2.24) is 5.43 Å². The molecule has 0 aliphatic carbocycles. The molecule has 0 aliphatic heterocycles. The topological polar surface area (TPSA) is 58.3 Å². The smallest absolute Gasteiger partial charge is 0.0469 e. The Morgan fingerprint density at radius 1 is 1.86 bits per heavy atom. The van der Waals surface area contributed by atoms with Crippen LogP contribution >= 0.6 is 0 Å². The zero-order chi connectivity index (χ0) is 5.70. The van der Waals surface area contributed by atoms with Crippen molar-refractivity contribution in [3.8, 4) is 0 Å². The van der Waals surface area contributed by atoms with Gasteiger partial charge in [0.05, 0.1) is 0 Å². The van der Waals surface area contributed by atoms with Crippen molar-refractivity contribution in [2.75, 3.05) is 13.2 Å². The molecule has 0 amide bonds. The van der Waals surface area contributed by atoms with Gasteiger partial charge >= 0.3 is 0 Å². The highest BCUT2D eigenvalue weighted by Crippen LogP contribution is 1.85. The normalized spacial score (nSPS) is 14.1.